The largest absolute Gasteiger partial charge is 0.497 e. The van der Waals surface area contributed by atoms with Gasteiger partial charge >= 0.3 is 0 Å². The SMILES string of the molecule is COc1ccc(CN2CC(OCc3cccnc3)CN(C(=O)Cc3cc(F)ccc3F)CC2=O)cc1. The van der Waals surface area contributed by atoms with Crippen molar-refractivity contribution in [1.29, 1.82) is 0 Å². The van der Waals surface area contributed by atoms with Crippen molar-refractivity contribution in [2.24, 2.45) is 0 Å². The summed E-state index contributed by atoms with van der Waals surface area (Å²) in [7, 11) is 1.58. The van der Waals surface area contributed by atoms with Crippen molar-refractivity contribution in [3.8, 4) is 5.75 Å². The van der Waals surface area contributed by atoms with Gasteiger partial charge in [0.05, 0.1) is 32.8 Å². The lowest BCUT2D eigenvalue weighted by Crippen LogP contribution is -2.40. The van der Waals surface area contributed by atoms with Crippen molar-refractivity contribution in [1.82, 2.24) is 14.8 Å². The first-order chi connectivity index (χ1) is 17.4. The van der Waals surface area contributed by atoms with Crippen molar-refractivity contribution in [2.75, 3.05) is 26.7 Å². The Labute approximate surface area is 208 Å². The number of amides is 2. The molecule has 0 bridgehead atoms. The number of aromatic nitrogens is 1. The van der Waals surface area contributed by atoms with Crippen molar-refractivity contribution in [3.05, 3.63) is 95.3 Å². The lowest BCUT2D eigenvalue weighted by molar-refractivity contribution is -0.138. The van der Waals surface area contributed by atoms with E-state index in [1.54, 1.807) is 30.5 Å². The summed E-state index contributed by atoms with van der Waals surface area (Å²) in [6.45, 7) is 0.808. The molecule has 2 heterocycles. The number of pyridine rings is 1. The second-order valence-electron chi connectivity index (χ2n) is 8.60. The van der Waals surface area contributed by atoms with E-state index in [9.17, 15) is 18.4 Å². The number of hydrogen-bond donors (Lipinski definition) is 0. The first-order valence-electron chi connectivity index (χ1n) is 11.5. The summed E-state index contributed by atoms with van der Waals surface area (Å²) in [6, 6.07) is 14.0. The van der Waals surface area contributed by atoms with Crippen LogP contribution in [0.25, 0.3) is 0 Å². The molecule has 2 amide bonds. The molecule has 1 aliphatic rings. The van der Waals surface area contributed by atoms with Crippen LogP contribution in [0, 0.1) is 11.6 Å². The van der Waals surface area contributed by atoms with Gasteiger partial charge in [-0.2, -0.15) is 0 Å². The fourth-order valence-electron chi connectivity index (χ4n) is 4.03. The second-order valence-corrected chi connectivity index (χ2v) is 8.60. The Bertz CT molecular complexity index is 1190. The Morgan fingerprint density at radius 3 is 2.61 bits per heavy atom. The molecule has 4 rings (SSSR count). The molecule has 2 aromatic carbocycles. The van der Waals surface area contributed by atoms with Crippen molar-refractivity contribution >= 4 is 11.8 Å². The van der Waals surface area contributed by atoms with Gasteiger partial charge in [-0.15, -0.1) is 0 Å². The quantitative estimate of drug-likeness (QED) is 0.479. The average Bonchev–Trinajstić information content (AvgIpc) is 3.04. The molecular formula is C27H27F2N3O4. The molecule has 3 aromatic rings. The number of ether oxygens (including phenoxy) is 2. The number of hydrogen-bond acceptors (Lipinski definition) is 5. The summed E-state index contributed by atoms with van der Waals surface area (Å²) in [5, 5.41) is 0. The van der Waals surface area contributed by atoms with Crippen LogP contribution >= 0.6 is 0 Å². The monoisotopic (exact) mass is 495 g/mol. The Morgan fingerprint density at radius 1 is 1.08 bits per heavy atom. The van der Waals surface area contributed by atoms with E-state index >= 15 is 0 Å². The van der Waals surface area contributed by atoms with E-state index in [1.807, 2.05) is 30.3 Å². The number of carbonyl (C=O) groups excluding carboxylic acids is 2. The highest BCUT2D eigenvalue weighted by atomic mass is 19.1. The maximum absolute atomic E-state index is 14.1. The van der Waals surface area contributed by atoms with E-state index in [0.29, 0.717) is 12.3 Å². The van der Waals surface area contributed by atoms with E-state index in [-0.39, 0.29) is 44.1 Å². The summed E-state index contributed by atoms with van der Waals surface area (Å²) >= 11 is 0. The van der Waals surface area contributed by atoms with Crippen molar-refractivity contribution < 1.29 is 27.8 Å². The van der Waals surface area contributed by atoms with Gasteiger partial charge in [0.15, 0.2) is 0 Å². The molecule has 36 heavy (non-hydrogen) atoms. The third-order valence-corrected chi connectivity index (χ3v) is 5.97. The zero-order valence-corrected chi connectivity index (χ0v) is 19.9. The molecule has 188 valence electrons. The molecule has 1 aromatic heterocycles. The molecule has 9 heteroatoms. The fourth-order valence-corrected chi connectivity index (χ4v) is 4.03. The Kier molecular flexibility index (Phi) is 8.22. The van der Waals surface area contributed by atoms with E-state index in [0.717, 1.165) is 29.3 Å². The zero-order valence-electron chi connectivity index (χ0n) is 19.9. The highest BCUT2D eigenvalue weighted by Gasteiger charge is 2.31. The average molecular weight is 496 g/mol. The van der Waals surface area contributed by atoms with E-state index in [2.05, 4.69) is 4.98 Å². The number of halogens is 2. The molecule has 7 nitrogen and oxygen atoms in total. The third-order valence-electron chi connectivity index (χ3n) is 5.97. The van der Waals surface area contributed by atoms with Crippen LogP contribution in [0.1, 0.15) is 16.7 Å². The number of rotatable bonds is 8. The molecule has 0 saturated carbocycles. The minimum Gasteiger partial charge on any atom is -0.497 e. The molecule has 0 spiro atoms. The summed E-state index contributed by atoms with van der Waals surface area (Å²) in [5.41, 5.74) is 1.70. The van der Waals surface area contributed by atoms with Crippen LogP contribution in [0.4, 0.5) is 8.78 Å². The lowest BCUT2D eigenvalue weighted by atomic mass is 10.1. The van der Waals surface area contributed by atoms with Crippen LogP contribution in [0.15, 0.2) is 67.0 Å². The number of nitrogens with zero attached hydrogens (tertiary/aromatic N) is 3. The summed E-state index contributed by atoms with van der Waals surface area (Å²) < 4.78 is 39.0. The molecule has 1 atom stereocenters. The summed E-state index contributed by atoms with van der Waals surface area (Å²) in [6.07, 6.45) is 2.50. The number of methoxy groups -OCH3 is 1. The Balaban J connectivity index is 1.51. The maximum atomic E-state index is 14.1. The topological polar surface area (TPSA) is 72.0 Å². The van der Waals surface area contributed by atoms with Gasteiger partial charge in [0.2, 0.25) is 11.8 Å². The Morgan fingerprint density at radius 2 is 1.89 bits per heavy atom. The van der Waals surface area contributed by atoms with Gasteiger partial charge in [-0.1, -0.05) is 18.2 Å². The molecule has 0 radical (unpaired) electrons. The smallest absolute Gasteiger partial charge is 0.242 e. The molecule has 1 saturated heterocycles. The summed E-state index contributed by atoms with van der Waals surface area (Å²) in [5.74, 6) is -1.33. The molecule has 0 N–H and O–H groups in total. The van der Waals surface area contributed by atoms with Gasteiger partial charge < -0.3 is 19.3 Å². The minimum absolute atomic E-state index is 0.0559. The standard InChI is InChI=1S/C27H27F2N3O4/c1-35-23-7-4-19(5-8-23)14-31-15-24(36-18-20-3-2-10-30-13-20)16-32(17-27(31)34)26(33)12-21-11-22(28)6-9-25(21)29/h2-11,13,24H,12,14-18H2,1H3. The predicted octanol–water partition coefficient (Wildman–Crippen LogP) is 3.37. The highest BCUT2D eigenvalue weighted by molar-refractivity contribution is 5.86. The van der Waals surface area contributed by atoms with Gasteiger partial charge in [-0.25, -0.2) is 8.78 Å². The molecule has 1 unspecified atom stereocenters. The lowest BCUT2D eigenvalue weighted by Gasteiger charge is -2.25. The van der Waals surface area contributed by atoms with Gasteiger partial charge in [0, 0.05) is 37.6 Å². The first-order valence-corrected chi connectivity index (χ1v) is 11.5. The van der Waals surface area contributed by atoms with Gasteiger partial charge in [-0.05, 0) is 47.5 Å². The fraction of sp³-hybridized carbons (Fsp3) is 0.296. The van der Waals surface area contributed by atoms with Crippen LogP contribution in [-0.2, 0) is 33.9 Å². The van der Waals surface area contributed by atoms with E-state index in [1.165, 1.54) is 4.90 Å². The van der Waals surface area contributed by atoms with Gasteiger partial charge in [0.25, 0.3) is 0 Å². The Hall–Kier alpha value is -3.85. The number of carbonyl (C=O) groups is 2. The highest BCUT2D eigenvalue weighted by Crippen LogP contribution is 2.18. The molecule has 1 fully saturated rings. The van der Waals surface area contributed by atoms with Crippen LogP contribution in [0.3, 0.4) is 0 Å². The van der Waals surface area contributed by atoms with Crippen LogP contribution in [-0.4, -0.2) is 59.4 Å². The van der Waals surface area contributed by atoms with Crippen molar-refractivity contribution in [3.63, 3.8) is 0 Å². The first kappa shape index (κ1) is 25.2. The third kappa shape index (κ3) is 6.63. The molecule has 1 aliphatic heterocycles. The van der Waals surface area contributed by atoms with Crippen molar-refractivity contribution in [2.45, 2.75) is 25.7 Å². The van der Waals surface area contributed by atoms with Crippen LogP contribution in [0.5, 0.6) is 5.75 Å². The minimum atomic E-state index is -0.670. The number of benzene rings is 2. The van der Waals surface area contributed by atoms with Gasteiger partial charge in [0.1, 0.15) is 17.4 Å². The normalized spacial score (nSPS) is 16.1. The second kappa shape index (κ2) is 11.7. The van der Waals surface area contributed by atoms with E-state index < -0.39 is 23.6 Å². The van der Waals surface area contributed by atoms with E-state index in [4.69, 9.17) is 9.47 Å². The van der Waals surface area contributed by atoms with Gasteiger partial charge in [-0.3, -0.25) is 14.6 Å². The molecular weight excluding hydrogens is 468 g/mol. The predicted molar refractivity (Wildman–Crippen MR) is 128 cm³/mol. The summed E-state index contributed by atoms with van der Waals surface area (Å²) in [4.78, 5) is 33.3. The van der Waals surface area contributed by atoms with Crippen LogP contribution < -0.4 is 4.74 Å². The maximum Gasteiger partial charge on any atom is 0.242 e. The zero-order chi connectivity index (χ0) is 25.5. The molecule has 0 aliphatic carbocycles. The van der Waals surface area contributed by atoms with Crippen LogP contribution in [0.2, 0.25) is 0 Å².